The molecule has 0 fully saturated rings. The summed E-state index contributed by atoms with van der Waals surface area (Å²) >= 11 is 0. The zero-order valence-corrected chi connectivity index (χ0v) is 15.0. The van der Waals surface area contributed by atoms with Crippen LogP contribution in [0.2, 0.25) is 0 Å². The molecule has 0 unspecified atom stereocenters. The van der Waals surface area contributed by atoms with E-state index in [0.29, 0.717) is 13.2 Å². The fourth-order valence-corrected chi connectivity index (χ4v) is 2.01. The molecule has 0 rings (SSSR count). The number of carbonyl (C=O) groups is 2. The van der Waals surface area contributed by atoms with Crippen molar-refractivity contribution in [1.29, 1.82) is 0 Å². The molecule has 134 valence electrons. The summed E-state index contributed by atoms with van der Waals surface area (Å²) in [6, 6.07) is 0. The molecule has 0 aromatic carbocycles. The Morgan fingerprint density at radius 1 is 0.696 bits per heavy atom. The van der Waals surface area contributed by atoms with E-state index in [4.69, 9.17) is 9.47 Å². The number of unbranched alkanes of at least 4 members (excludes halogenated alkanes) is 6. The lowest BCUT2D eigenvalue weighted by atomic mass is 10.2. The number of allylic oxidation sites excluding steroid dienone is 2. The van der Waals surface area contributed by atoms with Gasteiger partial charge in [-0.1, -0.05) is 58.1 Å². The third-order valence-corrected chi connectivity index (χ3v) is 3.46. The lowest BCUT2D eigenvalue weighted by molar-refractivity contribution is -0.150. The molecule has 0 spiro atoms. The number of ether oxygens (including phenoxy) is 2. The molecule has 23 heavy (non-hydrogen) atoms. The smallest absolute Gasteiger partial charge is 0.306 e. The highest BCUT2D eigenvalue weighted by Crippen LogP contribution is 2.02. The van der Waals surface area contributed by atoms with Gasteiger partial charge in [-0.25, -0.2) is 0 Å². The van der Waals surface area contributed by atoms with Crippen LogP contribution in [0.15, 0.2) is 12.2 Å². The van der Waals surface area contributed by atoms with Gasteiger partial charge in [0, 0.05) is 0 Å². The molecule has 0 radical (unpaired) electrons. The maximum absolute atomic E-state index is 11.5. The highest BCUT2D eigenvalue weighted by atomic mass is 16.5. The second-order valence-corrected chi connectivity index (χ2v) is 5.76. The minimum atomic E-state index is -0.317. The van der Waals surface area contributed by atoms with Crippen LogP contribution in [-0.4, -0.2) is 25.2 Å². The molecular weight excluding hydrogens is 292 g/mol. The van der Waals surface area contributed by atoms with Gasteiger partial charge in [-0.2, -0.15) is 0 Å². The maximum Gasteiger partial charge on any atom is 0.306 e. The van der Waals surface area contributed by atoms with E-state index in [9.17, 15) is 9.59 Å². The minimum absolute atomic E-state index is 0.111. The van der Waals surface area contributed by atoms with Crippen molar-refractivity contribution in [3.63, 3.8) is 0 Å². The number of hydrogen-bond donors (Lipinski definition) is 0. The minimum Gasteiger partial charge on any atom is -0.466 e. The average molecular weight is 326 g/mol. The monoisotopic (exact) mass is 326 g/mol. The zero-order chi connectivity index (χ0) is 17.2. The molecule has 0 atom stereocenters. The van der Waals surface area contributed by atoms with Crippen molar-refractivity contribution in [2.75, 3.05) is 13.2 Å². The highest BCUT2D eigenvalue weighted by molar-refractivity contribution is 5.77. The summed E-state index contributed by atoms with van der Waals surface area (Å²) in [7, 11) is 0. The second kappa shape index (κ2) is 17.0. The second-order valence-electron chi connectivity index (χ2n) is 5.76. The highest BCUT2D eigenvalue weighted by Gasteiger charge is 2.08. The van der Waals surface area contributed by atoms with Gasteiger partial charge in [0.05, 0.1) is 26.1 Å². The lowest BCUT2D eigenvalue weighted by Crippen LogP contribution is -2.11. The Bertz CT molecular complexity index is 323. The quantitative estimate of drug-likeness (QED) is 0.242. The summed E-state index contributed by atoms with van der Waals surface area (Å²) in [6.07, 6.45) is 14.2. The molecule has 0 aromatic rings. The van der Waals surface area contributed by atoms with Gasteiger partial charge < -0.3 is 9.47 Å². The van der Waals surface area contributed by atoms with Gasteiger partial charge in [0.25, 0.3) is 0 Å². The van der Waals surface area contributed by atoms with E-state index in [1.165, 1.54) is 12.8 Å². The van der Waals surface area contributed by atoms with Gasteiger partial charge in [0.2, 0.25) is 0 Å². The molecule has 0 bridgehead atoms. The fourth-order valence-electron chi connectivity index (χ4n) is 2.01. The predicted octanol–water partition coefficient (Wildman–Crippen LogP) is 4.96. The van der Waals surface area contributed by atoms with Crippen LogP contribution in [-0.2, 0) is 19.1 Å². The van der Waals surface area contributed by atoms with Crippen LogP contribution in [0.4, 0.5) is 0 Å². The third-order valence-electron chi connectivity index (χ3n) is 3.46. The first-order chi connectivity index (χ1) is 11.2. The summed E-state index contributed by atoms with van der Waals surface area (Å²) in [6.45, 7) is 5.19. The molecule has 4 heteroatoms. The van der Waals surface area contributed by atoms with Crippen molar-refractivity contribution in [2.24, 2.45) is 0 Å². The summed E-state index contributed by atoms with van der Waals surface area (Å²) in [5.74, 6) is -0.625. The molecule has 4 nitrogen and oxygen atoms in total. The summed E-state index contributed by atoms with van der Waals surface area (Å²) < 4.78 is 10.2. The van der Waals surface area contributed by atoms with Crippen molar-refractivity contribution in [1.82, 2.24) is 0 Å². The Labute approximate surface area is 141 Å². The molecule has 0 aliphatic carbocycles. The average Bonchev–Trinajstić information content (AvgIpc) is 2.55. The standard InChI is InChI=1S/C19H34O4/c1-3-5-7-9-10-11-13-17-23-19(21)15-14-18(20)22-16-12-8-6-4-2/h9-10H,3-8,11-17H2,1-2H3/b10-9+. The van der Waals surface area contributed by atoms with Gasteiger partial charge in [0.1, 0.15) is 0 Å². The molecular formula is C19H34O4. The number of rotatable bonds is 15. The van der Waals surface area contributed by atoms with Crippen LogP contribution in [0, 0.1) is 0 Å². The first kappa shape index (κ1) is 21.7. The SMILES string of the molecule is CCCC/C=C/CCCOC(=O)CCC(=O)OCCCCCC. The van der Waals surface area contributed by atoms with E-state index >= 15 is 0 Å². The number of carbonyl (C=O) groups excluding carboxylic acids is 2. The Morgan fingerprint density at radius 2 is 1.22 bits per heavy atom. The summed E-state index contributed by atoms with van der Waals surface area (Å²) in [5, 5.41) is 0. The Hall–Kier alpha value is -1.32. The van der Waals surface area contributed by atoms with Crippen LogP contribution in [0.25, 0.3) is 0 Å². The van der Waals surface area contributed by atoms with E-state index in [1.54, 1.807) is 0 Å². The van der Waals surface area contributed by atoms with Gasteiger partial charge in [-0.3, -0.25) is 9.59 Å². The van der Waals surface area contributed by atoms with Gasteiger partial charge in [-0.05, 0) is 25.7 Å². The van der Waals surface area contributed by atoms with Crippen LogP contribution >= 0.6 is 0 Å². The summed E-state index contributed by atoms with van der Waals surface area (Å²) in [5.41, 5.74) is 0. The van der Waals surface area contributed by atoms with Crippen molar-refractivity contribution < 1.29 is 19.1 Å². The molecule has 0 aliphatic rings. The number of hydrogen-bond acceptors (Lipinski definition) is 4. The van der Waals surface area contributed by atoms with E-state index < -0.39 is 0 Å². The molecule has 0 saturated carbocycles. The van der Waals surface area contributed by atoms with Crippen LogP contribution in [0.1, 0.15) is 84.5 Å². The van der Waals surface area contributed by atoms with Gasteiger partial charge in [0.15, 0.2) is 0 Å². The van der Waals surface area contributed by atoms with E-state index in [0.717, 1.165) is 44.9 Å². The van der Waals surface area contributed by atoms with Crippen LogP contribution in [0.3, 0.4) is 0 Å². The Balaban J connectivity index is 3.42. The molecule has 0 N–H and O–H groups in total. The maximum atomic E-state index is 11.5. The third kappa shape index (κ3) is 16.9. The molecule has 0 heterocycles. The van der Waals surface area contributed by atoms with E-state index in [2.05, 4.69) is 26.0 Å². The Morgan fingerprint density at radius 3 is 1.78 bits per heavy atom. The Kier molecular flexibility index (Phi) is 16.1. The molecule has 0 aliphatic heterocycles. The lowest BCUT2D eigenvalue weighted by Gasteiger charge is -2.05. The fraction of sp³-hybridized carbons (Fsp3) is 0.789. The predicted molar refractivity (Wildman–Crippen MR) is 93.2 cm³/mol. The van der Waals surface area contributed by atoms with E-state index in [-0.39, 0.29) is 24.8 Å². The van der Waals surface area contributed by atoms with Crippen molar-refractivity contribution in [2.45, 2.75) is 84.5 Å². The van der Waals surface area contributed by atoms with Crippen LogP contribution in [0.5, 0.6) is 0 Å². The molecule has 0 aromatic heterocycles. The number of esters is 2. The zero-order valence-electron chi connectivity index (χ0n) is 15.0. The van der Waals surface area contributed by atoms with Crippen molar-refractivity contribution in [3.8, 4) is 0 Å². The van der Waals surface area contributed by atoms with Crippen molar-refractivity contribution >= 4 is 11.9 Å². The normalized spacial score (nSPS) is 10.9. The molecule has 0 amide bonds. The summed E-state index contributed by atoms with van der Waals surface area (Å²) in [4.78, 5) is 22.9. The van der Waals surface area contributed by atoms with Crippen molar-refractivity contribution in [3.05, 3.63) is 12.2 Å². The van der Waals surface area contributed by atoms with Gasteiger partial charge >= 0.3 is 11.9 Å². The first-order valence-corrected chi connectivity index (χ1v) is 9.16. The first-order valence-electron chi connectivity index (χ1n) is 9.16. The topological polar surface area (TPSA) is 52.6 Å². The van der Waals surface area contributed by atoms with Gasteiger partial charge in [-0.15, -0.1) is 0 Å². The van der Waals surface area contributed by atoms with Crippen LogP contribution < -0.4 is 0 Å². The van der Waals surface area contributed by atoms with E-state index in [1.807, 2.05) is 0 Å². The molecule has 0 saturated heterocycles. The largest absolute Gasteiger partial charge is 0.466 e.